The number of Topliss-reactive ketones (excluding diaryl/α,β-unsaturated/α-hetero) is 2. The number of nitriles is 1. The van der Waals surface area contributed by atoms with Crippen LogP contribution < -0.4 is 5.32 Å². The maximum atomic E-state index is 12.7. The van der Waals surface area contributed by atoms with E-state index < -0.39 is 46.9 Å². The van der Waals surface area contributed by atoms with Crippen LogP contribution in [0, 0.1) is 17.2 Å². The van der Waals surface area contributed by atoms with Crippen LogP contribution in [0.3, 0.4) is 0 Å². The van der Waals surface area contributed by atoms with E-state index in [1.807, 2.05) is 6.07 Å². The molecular weight excluding hydrogens is 336 g/mol. The van der Waals surface area contributed by atoms with E-state index in [1.54, 1.807) is 32.9 Å². The van der Waals surface area contributed by atoms with Gasteiger partial charge in [0.05, 0.1) is 6.07 Å². The summed E-state index contributed by atoms with van der Waals surface area (Å²) in [5.74, 6) is -4.76. The lowest BCUT2D eigenvalue weighted by Gasteiger charge is -2.32. The number of carbonyl (C=O) groups excluding carboxylic acids is 4. The number of hydrogen-bond acceptors (Lipinski definition) is 6. The van der Waals surface area contributed by atoms with E-state index >= 15 is 0 Å². The fraction of sp³-hybridized carbons (Fsp3) is 0.421. The third-order valence-corrected chi connectivity index (χ3v) is 4.06. The smallest absolute Gasteiger partial charge is 0.325 e. The largest absolute Gasteiger partial charge is 0.459 e. The highest BCUT2D eigenvalue weighted by molar-refractivity contribution is 6.29. The molecule has 1 N–H and O–H groups in total. The van der Waals surface area contributed by atoms with Crippen LogP contribution in [-0.4, -0.2) is 35.6 Å². The van der Waals surface area contributed by atoms with Crippen molar-refractivity contribution in [3.63, 3.8) is 0 Å². The average molecular weight is 356 g/mol. The van der Waals surface area contributed by atoms with Crippen molar-refractivity contribution in [3.05, 3.63) is 35.4 Å². The van der Waals surface area contributed by atoms with Crippen LogP contribution >= 0.6 is 0 Å². The van der Waals surface area contributed by atoms with Crippen LogP contribution in [0.1, 0.15) is 43.6 Å². The van der Waals surface area contributed by atoms with E-state index in [-0.39, 0.29) is 11.1 Å². The first-order valence-corrected chi connectivity index (χ1v) is 8.10. The first-order valence-electron chi connectivity index (χ1n) is 8.10. The van der Waals surface area contributed by atoms with Crippen molar-refractivity contribution in [2.24, 2.45) is 5.92 Å². The fourth-order valence-electron chi connectivity index (χ4n) is 2.82. The molecule has 2 unspecified atom stereocenters. The molecule has 0 bridgehead atoms. The lowest BCUT2D eigenvalue weighted by atomic mass is 9.66. The van der Waals surface area contributed by atoms with Crippen LogP contribution in [0.4, 0.5) is 0 Å². The van der Waals surface area contributed by atoms with Gasteiger partial charge in [-0.1, -0.05) is 24.3 Å². The van der Waals surface area contributed by atoms with E-state index in [0.29, 0.717) is 0 Å². The molecule has 0 heterocycles. The SMILES string of the molecule is CC(C)(C)OC(=O)CNC(=O)C1C(=O)c2ccccc2C(C)(C#N)C1=O. The van der Waals surface area contributed by atoms with E-state index in [0.717, 1.165) is 0 Å². The van der Waals surface area contributed by atoms with Gasteiger partial charge in [0.25, 0.3) is 0 Å². The summed E-state index contributed by atoms with van der Waals surface area (Å²) in [6.07, 6.45) is 0. The van der Waals surface area contributed by atoms with Crippen LogP contribution in [0.2, 0.25) is 0 Å². The zero-order valence-corrected chi connectivity index (χ0v) is 15.1. The van der Waals surface area contributed by atoms with Gasteiger partial charge in [-0.3, -0.25) is 19.2 Å². The topological polar surface area (TPSA) is 113 Å². The molecule has 1 aliphatic rings. The summed E-state index contributed by atoms with van der Waals surface area (Å²) in [6.45, 7) is 5.94. The molecule has 0 radical (unpaired) electrons. The lowest BCUT2D eigenvalue weighted by Crippen LogP contribution is -2.52. The highest BCUT2D eigenvalue weighted by Gasteiger charge is 2.52. The molecule has 0 fully saturated rings. The van der Waals surface area contributed by atoms with Crippen molar-refractivity contribution in [1.29, 1.82) is 5.26 Å². The molecule has 7 heteroatoms. The standard InChI is InChI=1S/C19H20N2O5/c1-18(2,3)26-13(22)9-21-17(25)14-15(23)11-7-5-6-8-12(11)19(4,10-20)16(14)24/h5-8,14H,9H2,1-4H3,(H,21,25). The van der Waals surface area contributed by atoms with Gasteiger partial charge >= 0.3 is 5.97 Å². The average Bonchev–Trinajstić information content (AvgIpc) is 2.56. The van der Waals surface area contributed by atoms with E-state index in [4.69, 9.17) is 4.74 Å². The first kappa shape index (κ1) is 19.3. The molecule has 2 atom stereocenters. The Hall–Kier alpha value is -3.01. The molecule has 2 rings (SSSR count). The number of nitrogens with zero attached hydrogens (tertiary/aromatic N) is 1. The second kappa shape index (κ2) is 6.71. The number of nitrogens with one attached hydrogen (secondary N) is 1. The molecule has 1 aromatic carbocycles. The number of amides is 1. The Kier molecular flexibility index (Phi) is 4.99. The van der Waals surface area contributed by atoms with Gasteiger partial charge in [-0.25, -0.2) is 0 Å². The van der Waals surface area contributed by atoms with Crippen molar-refractivity contribution >= 4 is 23.4 Å². The van der Waals surface area contributed by atoms with Crippen molar-refractivity contribution in [3.8, 4) is 6.07 Å². The van der Waals surface area contributed by atoms with Crippen LogP contribution in [0.25, 0.3) is 0 Å². The van der Waals surface area contributed by atoms with Crippen LogP contribution in [-0.2, 0) is 24.5 Å². The number of rotatable bonds is 3. The Balaban J connectivity index is 2.26. The second-order valence-electron chi connectivity index (χ2n) is 7.25. The number of hydrogen-bond donors (Lipinski definition) is 1. The van der Waals surface area contributed by atoms with Gasteiger partial charge in [0.15, 0.2) is 17.5 Å². The Bertz CT molecular complexity index is 831. The van der Waals surface area contributed by atoms with Crippen molar-refractivity contribution in [2.45, 2.75) is 38.7 Å². The lowest BCUT2D eigenvalue weighted by molar-refractivity contribution is -0.155. The number of fused-ring (bicyclic) bond motifs is 1. The summed E-state index contributed by atoms with van der Waals surface area (Å²) in [5, 5.41) is 11.8. The molecule has 7 nitrogen and oxygen atoms in total. The minimum Gasteiger partial charge on any atom is -0.459 e. The molecule has 0 aliphatic heterocycles. The molecule has 0 saturated carbocycles. The summed E-state index contributed by atoms with van der Waals surface area (Å²) in [7, 11) is 0. The fourth-order valence-corrected chi connectivity index (χ4v) is 2.82. The molecule has 1 aromatic rings. The van der Waals surface area contributed by atoms with Crippen molar-refractivity contribution < 1.29 is 23.9 Å². The maximum Gasteiger partial charge on any atom is 0.325 e. The summed E-state index contributed by atoms with van der Waals surface area (Å²) in [6, 6.07) is 8.15. The van der Waals surface area contributed by atoms with Gasteiger partial charge in [0.2, 0.25) is 5.91 Å². The van der Waals surface area contributed by atoms with E-state index in [9.17, 15) is 24.4 Å². The Morgan fingerprint density at radius 2 is 1.88 bits per heavy atom. The number of ether oxygens (including phenoxy) is 1. The van der Waals surface area contributed by atoms with E-state index in [1.165, 1.54) is 19.1 Å². The van der Waals surface area contributed by atoms with Crippen molar-refractivity contribution in [2.75, 3.05) is 6.54 Å². The molecule has 136 valence electrons. The minimum atomic E-state index is -1.67. The summed E-state index contributed by atoms with van der Waals surface area (Å²) >= 11 is 0. The third kappa shape index (κ3) is 3.49. The zero-order valence-electron chi connectivity index (χ0n) is 15.1. The number of ketones is 2. The first-order chi connectivity index (χ1) is 12.0. The quantitative estimate of drug-likeness (QED) is 0.645. The highest BCUT2D eigenvalue weighted by atomic mass is 16.6. The van der Waals surface area contributed by atoms with Crippen LogP contribution in [0.5, 0.6) is 0 Å². The van der Waals surface area contributed by atoms with Gasteiger partial charge in [0.1, 0.15) is 17.6 Å². The minimum absolute atomic E-state index is 0.161. The van der Waals surface area contributed by atoms with Gasteiger partial charge < -0.3 is 10.1 Å². The predicted molar refractivity (Wildman–Crippen MR) is 91.1 cm³/mol. The second-order valence-corrected chi connectivity index (χ2v) is 7.25. The van der Waals surface area contributed by atoms with E-state index in [2.05, 4.69) is 5.32 Å². The zero-order chi connectivity index (χ0) is 19.7. The normalized spacial score (nSPS) is 22.2. The molecule has 0 spiro atoms. The molecule has 26 heavy (non-hydrogen) atoms. The number of carbonyl (C=O) groups is 4. The van der Waals surface area contributed by atoms with Gasteiger partial charge in [-0.05, 0) is 33.3 Å². The predicted octanol–water partition coefficient (Wildman–Crippen LogP) is 1.31. The number of esters is 1. The summed E-state index contributed by atoms with van der Waals surface area (Å²) in [4.78, 5) is 49.5. The molecule has 0 saturated heterocycles. The van der Waals surface area contributed by atoms with Gasteiger partial charge in [0, 0.05) is 5.56 Å². The van der Waals surface area contributed by atoms with Crippen LogP contribution in [0.15, 0.2) is 24.3 Å². The Morgan fingerprint density at radius 1 is 1.27 bits per heavy atom. The number of benzene rings is 1. The van der Waals surface area contributed by atoms with Gasteiger partial charge in [-0.15, -0.1) is 0 Å². The monoisotopic (exact) mass is 356 g/mol. The molecular formula is C19H20N2O5. The van der Waals surface area contributed by atoms with Crippen molar-refractivity contribution in [1.82, 2.24) is 5.32 Å². The molecule has 0 aromatic heterocycles. The molecule has 1 amide bonds. The Labute approximate surface area is 151 Å². The highest BCUT2D eigenvalue weighted by Crippen LogP contribution is 2.36. The Morgan fingerprint density at radius 3 is 2.46 bits per heavy atom. The summed E-state index contributed by atoms with van der Waals surface area (Å²) in [5.41, 5.74) is -1.89. The molecule has 1 aliphatic carbocycles. The third-order valence-electron chi connectivity index (χ3n) is 4.06. The summed E-state index contributed by atoms with van der Waals surface area (Å²) < 4.78 is 5.07. The van der Waals surface area contributed by atoms with Gasteiger partial charge in [-0.2, -0.15) is 5.26 Å². The maximum absolute atomic E-state index is 12.7.